The van der Waals surface area contributed by atoms with E-state index in [1.807, 2.05) is 0 Å². The molecule has 2 aliphatic rings. The van der Waals surface area contributed by atoms with Crippen LogP contribution in [0.4, 0.5) is 0 Å². The van der Waals surface area contributed by atoms with Crippen molar-refractivity contribution in [2.45, 2.75) is 45.4 Å². The van der Waals surface area contributed by atoms with E-state index in [-0.39, 0.29) is 0 Å². The summed E-state index contributed by atoms with van der Waals surface area (Å²) in [7, 11) is 0. The summed E-state index contributed by atoms with van der Waals surface area (Å²) >= 11 is 0. The van der Waals surface area contributed by atoms with E-state index in [1.54, 1.807) is 0 Å². The van der Waals surface area contributed by atoms with Crippen LogP contribution in [-0.2, 0) is 0 Å². The highest BCUT2D eigenvalue weighted by molar-refractivity contribution is 5.09. The fourth-order valence-electron chi connectivity index (χ4n) is 3.06. The maximum atomic E-state index is 3.95. The van der Waals surface area contributed by atoms with E-state index in [9.17, 15) is 0 Å². The Kier molecular flexibility index (Phi) is 3.10. The Balaban J connectivity index is 1.63. The van der Waals surface area contributed by atoms with Crippen LogP contribution >= 0.6 is 0 Å². The zero-order chi connectivity index (χ0) is 9.97. The largest absolute Gasteiger partial charge is 0.100 e. The molecule has 2 bridgehead atoms. The predicted molar refractivity (Wildman–Crippen MR) is 62.1 cm³/mol. The molecule has 0 heterocycles. The fraction of sp³-hybridized carbons (Fsp3) is 0.714. The van der Waals surface area contributed by atoms with E-state index in [2.05, 4.69) is 25.7 Å². The van der Waals surface area contributed by atoms with Crippen molar-refractivity contribution >= 4 is 0 Å². The van der Waals surface area contributed by atoms with E-state index in [1.165, 1.54) is 44.1 Å². The first-order valence-electron chi connectivity index (χ1n) is 6.08. The zero-order valence-electron chi connectivity index (χ0n) is 9.34. The van der Waals surface area contributed by atoms with Gasteiger partial charge in [-0.25, -0.2) is 0 Å². The first kappa shape index (κ1) is 10.0. The molecule has 0 aromatic rings. The Morgan fingerprint density at radius 3 is 2.71 bits per heavy atom. The average Bonchev–Trinajstić information content (AvgIpc) is 2.73. The first-order chi connectivity index (χ1) is 6.75. The van der Waals surface area contributed by atoms with Crippen LogP contribution in [0.15, 0.2) is 24.3 Å². The summed E-state index contributed by atoms with van der Waals surface area (Å²) in [6.45, 7) is 6.09. The molecule has 0 spiro atoms. The molecule has 0 aromatic carbocycles. The van der Waals surface area contributed by atoms with Gasteiger partial charge in [0.1, 0.15) is 0 Å². The van der Waals surface area contributed by atoms with Gasteiger partial charge in [-0.2, -0.15) is 0 Å². The van der Waals surface area contributed by atoms with E-state index >= 15 is 0 Å². The van der Waals surface area contributed by atoms with Crippen molar-refractivity contribution in [1.29, 1.82) is 0 Å². The van der Waals surface area contributed by atoms with E-state index in [0.717, 1.165) is 17.8 Å². The van der Waals surface area contributed by atoms with Crippen LogP contribution in [0, 0.1) is 17.8 Å². The lowest BCUT2D eigenvalue weighted by Crippen LogP contribution is -2.06. The van der Waals surface area contributed by atoms with Crippen molar-refractivity contribution in [2.24, 2.45) is 17.8 Å². The highest BCUT2D eigenvalue weighted by Crippen LogP contribution is 2.45. The Hall–Kier alpha value is -0.520. The molecule has 0 N–H and O–H groups in total. The van der Waals surface area contributed by atoms with Crippen molar-refractivity contribution in [1.82, 2.24) is 0 Å². The molecule has 3 unspecified atom stereocenters. The molecule has 0 radical (unpaired) electrons. The van der Waals surface area contributed by atoms with Crippen molar-refractivity contribution in [3.05, 3.63) is 24.3 Å². The lowest BCUT2D eigenvalue weighted by atomic mass is 9.88. The molecule has 0 aliphatic heterocycles. The van der Waals surface area contributed by atoms with Crippen molar-refractivity contribution < 1.29 is 0 Å². The van der Waals surface area contributed by atoms with Crippen molar-refractivity contribution in [2.75, 3.05) is 0 Å². The third-order valence-electron chi connectivity index (χ3n) is 3.84. The summed E-state index contributed by atoms with van der Waals surface area (Å²) in [5, 5.41) is 0. The maximum Gasteiger partial charge on any atom is -0.0199 e. The third kappa shape index (κ3) is 2.29. The summed E-state index contributed by atoms with van der Waals surface area (Å²) in [5.41, 5.74) is 1.35. The minimum atomic E-state index is 0.949. The van der Waals surface area contributed by atoms with Gasteiger partial charge in [0.25, 0.3) is 0 Å². The summed E-state index contributed by atoms with van der Waals surface area (Å²) in [6.07, 6.45) is 13.3. The normalized spacial score (nSPS) is 33.9. The van der Waals surface area contributed by atoms with Gasteiger partial charge in [0.2, 0.25) is 0 Å². The summed E-state index contributed by atoms with van der Waals surface area (Å²) in [6, 6.07) is 0. The molecule has 0 nitrogen and oxygen atoms in total. The standard InChI is InChI=1S/C14H22/c1-11(2)5-3-4-6-13-9-12-7-8-14(13)10-12/h7-8,12-14H,1,3-6,9-10H2,2H3. The molecule has 1 saturated carbocycles. The maximum absolute atomic E-state index is 3.95. The summed E-state index contributed by atoms with van der Waals surface area (Å²) < 4.78 is 0. The molecule has 0 aromatic heterocycles. The van der Waals surface area contributed by atoms with E-state index in [4.69, 9.17) is 0 Å². The minimum absolute atomic E-state index is 0.949. The van der Waals surface area contributed by atoms with Crippen LogP contribution in [-0.4, -0.2) is 0 Å². The van der Waals surface area contributed by atoms with Gasteiger partial charge in [-0.15, -0.1) is 6.58 Å². The average molecular weight is 190 g/mol. The lowest BCUT2D eigenvalue weighted by Gasteiger charge is -2.17. The van der Waals surface area contributed by atoms with Gasteiger partial charge in [0, 0.05) is 0 Å². The predicted octanol–water partition coefficient (Wildman–Crippen LogP) is 4.34. The third-order valence-corrected chi connectivity index (χ3v) is 3.84. The van der Waals surface area contributed by atoms with Crippen LogP contribution < -0.4 is 0 Å². The van der Waals surface area contributed by atoms with Gasteiger partial charge in [-0.1, -0.05) is 24.1 Å². The SMILES string of the molecule is C=C(C)CCCCC1CC2C=CC1C2. The quantitative estimate of drug-likeness (QED) is 0.447. The second-order valence-electron chi connectivity index (χ2n) is 5.24. The fourth-order valence-corrected chi connectivity index (χ4v) is 3.06. The van der Waals surface area contributed by atoms with Crippen LogP contribution in [0.2, 0.25) is 0 Å². The van der Waals surface area contributed by atoms with Crippen molar-refractivity contribution in [3.63, 3.8) is 0 Å². The van der Waals surface area contributed by atoms with Gasteiger partial charge in [0.15, 0.2) is 0 Å². The summed E-state index contributed by atoms with van der Waals surface area (Å²) in [4.78, 5) is 0. The Morgan fingerprint density at radius 1 is 1.29 bits per heavy atom. The molecule has 0 saturated heterocycles. The smallest absolute Gasteiger partial charge is 0.0199 e. The Labute approximate surface area is 88.1 Å². The number of hydrogen-bond acceptors (Lipinski definition) is 0. The number of allylic oxidation sites excluding steroid dienone is 3. The molecule has 0 amide bonds. The zero-order valence-corrected chi connectivity index (χ0v) is 9.34. The highest BCUT2D eigenvalue weighted by atomic mass is 14.4. The Morgan fingerprint density at radius 2 is 2.14 bits per heavy atom. The second kappa shape index (κ2) is 4.33. The monoisotopic (exact) mass is 190 g/mol. The topological polar surface area (TPSA) is 0 Å². The molecule has 2 rings (SSSR count). The van der Waals surface area contributed by atoms with E-state index in [0.29, 0.717) is 0 Å². The molecule has 0 heteroatoms. The molecular formula is C14H22. The number of hydrogen-bond donors (Lipinski definition) is 0. The minimum Gasteiger partial charge on any atom is -0.100 e. The van der Waals surface area contributed by atoms with Gasteiger partial charge >= 0.3 is 0 Å². The Bertz CT molecular complexity index is 236. The number of unbranched alkanes of at least 4 members (excludes halogenated alkanes) is 1. The summed E-state index contributed by atoms with van der Waals surface area (Å²) in [5.74, 6) is 2.92. The van der Waals surface area contributed by atoms with Gasteiger partial charge in [-0.3, -0.25) is 0 Å². The van der Waals surface area contributed by atoms with Gasteiger partial charge in [-0.05, 0) is 56.8 Å². The molecule has 3 atom stereocenters. The molecule has 1 fully saturated rings. The molecule has 14 heavy (non-hydrogen) atoms. The van der Waals surface area contributed by atoms with Crippen molar-refractivity contribution in [3.8, 4) is 0 Å². The van der Waals surface area contributed by atoms with Gasteiger partial charge < -0.3 is 0 Å². The second-order valence-corrected chi connectivity index (χ2v) is 5.24. The lowest BCUT2D eigenvalue weighted by molar-refractivity contribution is 0.398. The molecular weight excluding hydrogens is 168 g/mol. The van der Waals surface area contributed by atoms with Crippen LogP contribution in [0.25, 0.3) is 0 Å². The highest BCUT2D eigenvalue weighted by Gasteiger charge is 2.34. The molecule has 2 aliphatic carbocycles. The molecule has 78 valence electrons. The van der Waals surface area contributed by atoms with E-state index < -0.39 is 0 Å². The number of fused-ring (bicyclic) bond motifs is 2. The number of rotatable bonds is 5. The van der Waals surface area contributed by atoms with Crippen LogP contribution in [0.5, 0.6) is 0 Å². The van der Waals surface area contributed by atoms with Crippen LogP contribution in [0.1, 0.15) is 45.4 Å². The van der Waals surface area contributed by atoms with Gasteiger partial charge in [0.05, 0.1) is 0 Å². The van der Waals surface area contributed by atoms with Crippen LogP contribution in [0.3, 0.4) is 0 Å². The first-order valence-corrected chi connectivity index (χ1v) is 6.08.